The van der Waals surface area contributed by atoms with E-state index >= 15 is 0 Å². The standard InChI is InChI=1S/C12H21N3S/c1-4-13-11-14-7-10(16-11)8-15-6-5-12(2,3)9-15/h7H,4-6,8-9H2,1-3H3,(H,13,14). The monoisotopic (exact) mass is 239 g/mol. The van der Waals surface area contributed by atoms with Gasteiger partial charge in [-0.05, 0) is 25.3 Å². The first-order valence-electron chi connectivity index (χ1n) is 6.00. The van der Waals surface area contributed by atoms with Crippen LogP contribution in [0.1, 0.15) is 32.1 Å². The third-order valence-corrected chi connectivity index (χ3v) is 3.96. The summed E-state index contributed by atoms with van der Waals surface area (Å²) in [6.45, 7) is 11.2. The molecule has 0 amide bonds. The zero-order valence-electron chi connectivity index (χ0n) is 10.4. The number of nitrogens with one attached hydrogen (secondary N) is 1. The van der Waals surface area contributed by atoms with Crippen LogP contribution in [0.25, 0.3) is 0 Å². The van der Waals surface area contributed by atoms with Gasteiger partial charge in [0.25, 0.3) is 0 Å². The van der Waals surface area contributed by atoms with E-state index < -0.39 is 0 Å². The first-order chi connectivity index (χ1) is 7.59. The molecule has 0 radical (unpaired) electrons. The van der Waals surface area contributed by atoms with Crippen molar-refractivity contribution in [3.05, 3.63) is 11.1 Å². The molecule has 0 saturated carbocycles. The van der Waals surface area contributed by atoms with Crippen LogP contribution >= 0.6 is 11.3 Å². The number of hydrogen-bond donors (Lipinski definition) is 1. The molecule has 3 nitrogen and oxygen atoms in total. The van der Waals surface area contributed by atoms with Gasteiger partial charge in [0.2, 0.25) is 0 Å². The van der Waals surface area contributed by atoms with E-state index in [0.717, 1.165) is 18.2 Å². The number of hydrogen-bond acceptors (Lipinski definition) is 4. The van der Waals surface area contributed by atoms with Gasteiger partial charge in [0.15, 0.2) is 5.13 Å². The summed E-state index contributed by atoms with van der Waals surface area (Å²) in [4.78, 5) is 8.27. The van der Waals surface area contributed by atoms with Crippen molar-refractivity contribution in [2.24, 2.45) is 5.41 Å². The number of nitrogens with zero attached hydrogens (tertiary/aromatic N) is 2. The first-order valence-corrected chi connectivity index (χ1v) is 6.82. The highest BCUT2D eigenvalue weighted by atomic mass is 32.1. The minimum atomic E-state index is 0.495. The fraction of sp³-hybridized carbons (Fsp3) is 0.750. The summed E-state index contributed by atoms with van der Waals surface area (Å²) in [6, 6.07) is 0. The number of thiazole rings is 1. The molecule has 1 aromatic rings. The minimum absolute atomic E-state index is 0.495. The predicted molar refractivity (Wildman–Crippen MR) is 70.0 cm³/mol. The van der Waals surface area contributed by atoms with Gasteiger partial charge in [0.05, 0.1) is 0 Å². The van der Waals surface area contributed by atoms with Gasteiger partial charge in [-0.1, -0.05) is 13.8 Å². The van der Waals surface area contributed by atoms with Gasteiger partial charge in [-0.3, -0.25) is 4.90 Å². The molecule has 0 spiro atoms. The second kappa shape index (κ2) is 4.72. The van der Waals surface area contributed by atoms with Crippen molar-refractivity contribution in [2.75, 3.05) is 25.0 Å². The van der Waals surface area contributed by atoms with E-state index in [-0.39, 0.29) is 0 Å². The summed E-state index contributed by atoms with van der Waals surface area (Å²) in [5.74, 6) is 0. The van der Waals surface area contributed by atoms with Crippen molar-refractivity contribution in [2.45, 2.75) is 33.7 Å². The van der Waals surface area contributed by atoms with Crippen LogP contribution in [0, 0.1) is 5.41 Å². The smallest absolute Gasteiger partial charge is 0.182 e. The van der Waals surface area contributed by atoms with E-state index in [2.05, 4.69) is 36.0 Å². The summed E-state index contributed by atoms with van der Waals surface area (Å²) >= 11 is 1.78. The number of likely N-dealkylation sites (tertiary alicyclic amines) is 1. The topological polar surface area (TPSA) is 28.2 Å². The van der Waals surface area contributed by atoms with E-state index in [9.17, 15) is 0 Å². The molecular weight excluding hydrogens is 218 g/mol. The Morgan fingerprint density at radius 3 is 3.00 bits per heavy atom. The van der Waals surface area contributed by atoms with Crippen LogP contribution < -0.4 is 5.32 Å². The van der Waals surface area contributed by atoms with E-state index in [0.29, 0.717) is 5.41 Å². The lowest BCUT2D eigenvalue weighted by atomic mass is 9.93. The van der Waals surface area contributed by atoms with Crippen molar-refractivity contribution in [1.29, 1.82) is 0 Å². The van der Waals surface area contributed by atoms with Crippen LogP contribution in [0.5, 0.6) is 0 Å². The highest BCUT2D eigenvalue weighted by Crippen LogP contribution is 2.30. The Morgan fingerprint density at radius 2 is 2.38 bits per heavy atom. The molecule has 2 rings (SSSR count). The SMILES string of the molecule is CCNc1ncc(CN2CCC(C)(C)C2)s1. The Morgan fingerprint density at radius 1 is 1.56 bits per heavy atom. The third-order valence-electron chi connectivity index (χ3n) is 3.02. The van der Waals surface area contributed by atoms with Crippen LogP contribution in [0.4, 0.5) is 5.13 Å². The van der Waals surface area contributed by atoms with E-state index in [1.54, 1.807) is 11.3 Å². The number of rotatable bonds is 4. The zero-order chi connectivity index (χ0) is 11.6. The van der Waals surface area contributed by atoms with Crippen molar-refractivity contribution in [3.63, 3.8) is 0 Å². The highest BCUT2D eigenvalue weighted by Gasteiger charge is 2.29. The molecule has 0 unspecified atom stereocenters. The maximum Gasteiger partial charge on any atom is 0.182 e. The molecule has 0 bridgehead atoms. The second-order valence-corrected chi connectivity index (χ2v) is 6.40. The molecule has 0 atom stereocenters. The van der Waals surface area contributed by atoms with Crippen molar-refractivity contribution >= 4 is 16.5 Å². The quantitative estimate of drug-likeness (QED) is 0.875. The summed E-state index contributed by atoms with van der Waals surface area (Å²) in [5.41, 5.74) is 0.495. The van der Waals surface area contributed by atoms with E-state index in [1.165, 1.54) is 24.4 Å². The Balaban J connectivity index is 1.89. The van der Waals surface area contributed by atoms with Crippen LogP contribution in [-0.4, -0.2) is 29.5 Å². The van der Waals surface area contributed by atoms with Crippen molar-refractivity contribution < 1.29 is 0 Å². The average molecular weight is 239 g/mol. The summed E-state index contributed by atoms with van der Waals surface area (Å²) < 4.78 is 0. The molecule has 1 saturated heterocycles. The van der Waals surface area contributed by atoms with Gasteiger partial charge in [-0.2, -0.15) is 0 Å². The molecule has 2 heterocycles. The molecular formula is C12H21N3S. The van der Waals surface area contributed by atoms with Gasteiger partial charge in [-0.15, -0.1) is 11.3 Å². The molecule has 1 aromatic heterocycles. The lowest BCUT2D eigenvalue weighted by Gasteiger charge is -2.18. The Labute approximate surface area is 102 Å². The van der Waals surface area contributed by atoms with Gasteiger partial charge < -0.3 is 5.32 Å². The molecule has 0 aliphatic carbocycles. The molecule has 1 N–H and O–H groups in total. The number of anilines is 1. The number of aromatic nitrogens is 1. The Hall–Kier alpha value is -0.610. The van der Waals surface area contributed by atoms with Crippen LogP contribution in [0.15, 0.2) is 6.20 Å². The normalized spacial score (nSPS) is 20.2. The Kier molecular flexibility index (Phi) is 3.50. The fourth-order valence-electron chi connectivity index (χ4n) is 2.19. The van der Waals surface area contributed by atoms with Crippen LogP contribution in [0.3, 0.4) is 0 Å². The summed E-state index contributed by atoms with van der Waals surface area (Å²) in [7, 11) is 0. The molecule has 90 valence electrons. The summed E-state index contributed by atoms with van der Waals surface area (Å²) in [5, 5.41) is 4.31. The minimum Gasteiger partial charge on any atom is -0.362 e. The molecule has 1 aliphatic heterocycles. The fourth-order valence-corrected chi connectivity index (χ4v) is 3.12. The van der Waals surface area contributed by atoms with Crippen LogP contribution in [-0.2, 0) is 6.54 Å². The maximum absolute atomic E-state index is 4.37. The zero-order valence-corrected chi connectivity index (χ0v) is 11.2. The van der Waals surface area contributed by atoms with Gasteiger partial charge in [-0.25, -0.2) is 4.98 Å². The third kappa shape index (κ3) is 2.95. The average Bonchev–Trinajstić information content (AvgIpc) is 2.75. The molecule has 4 heteroatoms. The summed E-state index contributed by atoms with van der Waals surface area (Å²) in [6.07, 6.45) is 3.32. The molecule has 16 heavy (non-hydrogen) atoms. The van der Waals surface area contributed by atoms with Gasteiger partial charge in [0.1, 0.15) is 0 Å². The van der Waals surface area contributed by atoms with Crippen LogP contribution in [0.2, 0.25) is 0 Å². The first kappa shape index (κ1) is 11.9. The maximum atomic E-state index is 4.37. The predicted octanol–water partition coefficient (Wildman–Crippen LogP) is 2.81. The van der Waals surface area contributed by atoms with Gasteiger partial charge >= 0.3 is 0 Å². The second-order valence-electron chi connectivity index (χ2n) is 5.29. The van der Waals surface area contributed by atoms with Crippen molar-refractivity contribution in [1.82, 2.24) is 9.88 Å². The highest BCUT2D eigenvalue weighted by molar-refractivity contribution is 7.15. The molecule has 1 aliphatic rings. The van der Waals surface area contributed by atoms with Gasteiger partial charge in [0, 0.05) is 30.7 Å². The van der Waals surface area contributed by atoms with E-state index in [4.69, 9.17) is 0 Å². The lowest BCUT2D eigenvalue weighted by Crippen LogP contribution is -2.22. The molecule has 0 aromatic carbocycles. The lowest BCUT2D eigenvalue weighted by molar-refractivity contribution is 0.286. The van der Waals surface area contributed by atoms with Crippen molar-refractivity contribution in [3.8, 4) is 0 Å². The molecule has 1 fully saturated rings. The van der Waals surface area contributed by atoms with E-state index in [1.807, 2.05) is 6.20 Å². The largest absolute Gasteiger partial charge is 0.362 e. The Bertz CT molecular complexity index is 346.